The highest BCUT2D eigenvalue weighted by molar-refractivity contribution is 7.92. The van der Waals surface area contributed by atoms with Crippen molar-refractivity contribution in [2.45, 2.75) is 24.0 Å². The van der Waals surface area contributed by atoms with Crippen LogP contribution in [-0.2, 0) is 22.9 Å². The zero-order chi connectivity index (χ0) is 24.5. The molecule has 0 fully saturated rings. The first-order valence-electron chi connectivity index (χ1n) is 10.3. The monoisotopic (exact) mass is 502 g/mol. The number of halogens is 2. The van der Waals surface area contributed by atoms with Crippen molar-refractivity contribution in [3.8, 4) is 0 Å². The number of aromatic carboxylic acids is 1. The quantitative estimate of drug-likeness (QED) is 0.474. The van der Waals surface area contributed by atoms with Gasteiger partial charge in [-0.1, -0.05) is 35.9 Å². The molecule has 0 bridgehead atoms. The van der Waals surface area contributed by atoms with Gasteiger partial charge in [-0.2, -0.15) is 0 Å². The van der Waals surface area contributed by atoms with Gasteiger partial charge in [0, 0.05) is 23.6 Å². The van der Waals surface area contributed by atoms with Gasteiger partial charge in [-0.15, -0.1) is 0 Å². The molecule has 0 saturated carbocycles. The van der Waals surface area contributed by atoms with E-state index in [1.165, 1.54) is 52.8 Å². The second kappa shape index (κ2) is 9.44. The minimum atomic E-state index is -3.89. The van der Waals surface area contributed by atoms with Crippen LogP contribution in [0, 0.1) is 0 Å². The van der Waals surface area contributed by atoms with E-state index in [0.29, 0.717) is 22.7 Å². The summed E-state index contributed by atoms with van der Waals surface area (Å²) >= 11 is 5.96. The first-order chi connectivity index (χ1) is 16.1. The van der Waals surface area contributed by atoms with Crippen molar-refractivity contribution in [1.29, 1.82) is 0 Å². The summed E-state index contributed by atoms with van der Waals surface area (Å²) in [4.78, 5) is 23.6. The fourth-order valence-electron chi connectivity index (χ4n) is 3.76. The van der Waals surface area contributed by atoms with Crippen LogP contribution >= 0.6 is 11.6 Å². The van der Waals surface area contributed by atoms with Gasteiger partial charge in [0.1, 0.15) is 0 Å². The van der Waals surface area contributed by atoms with Gasteiger partial charge >= 0.3 is 5.97 Å². The number of carbonyl (C=O) groups is 2. The standard InChI is InChI=1S/C24H20ClFN2O5S/c25-19-2-1-3-20(14-19)34(32,33)28-11-10-16-8-9-18(13-21(16)28)23(29)27-22(26)12-15-4-6-17(7-5-15)24(30)31/h1-9,13-14,22H,10-12H2,(H,27,29)(H,30,31). The van der Waals surface area contributed by atoms with E-state index < -0.39 is 28.2 Å². The summed E-state index contributed by atoms with van der Waals surface area (Å²) in [6, 6.07) is 16.3. The predicted octanol–water partition coefficient (Wildman–Crippen LogP) is 4.06. The van der Waals surface area contributed by atoms with E-state index in [1.807, 2.05) is 0 Å². The summed E-state index contributed by atoms with van der Waals surface area (Å²) in [5.41, 5.74) is 1.85. The Kier molecular flexibility index (Phi) is 6.58. The molecule has 176 valence electrons. The summed E-state index contributed by atoms with van der Waals surface area (Å²) < 4.78 is 42.0. The fourth-order valence-corrected chi connectivity index (χ4v) is 5.56. The van der Waals surface area contributed by atoms with Crippen LogP contribution in [0.1, 0.15) is 31.8 Å². The SMILES string of the molecule is O=C(O)c1ccc(CC(F)NC(=O)c2ccc3c(c2)N(S(=O)(=O)c2cccc(Cl)c2)CC3)cc1. The van der Waals surface area contributed by atoms with Gasteiger partial charge < -0.3 is 10.4 Å². The highest BCUT2D eigenvalue weighted by Crippen LogP contribution is 2.34. The summed E-state index contributed by atoms with van der Waals surface area (Å²) in [5, 5.41) is 11.5. The molecule has 1 heterocycles. The van der Waals surface area contributed by atoms with Crippen LogP contribution in [-0.4, -0.2) is 38.2 Å². The second-order valence-electron chi connectivity index (χ2n) is 7.78. The van der Waals surface area contributed by atoms with Gasteiger partial charge in [-0.25, -0.2) is 17.6 Å². The maximum Gasteiger partial charge on any atom is 0.335 e. The molecule has 1 atom stereocenters. The van der Waals surface area contributed by atoms with Gasteiger partial charge in [0.15, 0.2) is 6.30 Å². The number of amides is 1. The zero-order valence-corrected chi connectivity index (χ0v) is 19.3. The van der Waals surface area contributed by atoms with E-state index in [4.69, 9.17) is 16.7 Å². The number of carbonyl (C=O) groups excluding carboxylic acids is 1. The average molecular weight is 503 g/mol. The lowest BCUT2D eigenvalue weighted by Gasteiger charge is -2.20. The molecule has 0 aliphatic carbocycles. The molecule has 3 aromatic carbocycles. The lowest BCUT2D eigenvalue weighted by Crippen LogP contribution is -2.33. The summed E-state index contributed by atoms with van der Waals surface area (Å²) in [6.45, 7) is 0.216. The Labute approximate surface area is 200 Å². The Balaban J connectivity index is 1.50. The lowest BCUT2D eigenvalue weighted by atomic mass is 10.1. The Hall–Kier alpha value is -3.43. The van der Waals surface area contributed by atoms with Crippen molar-refractivity contribution in [3.05, 3.63) is 94.0 Å². The molecule has 10 heteroatoms. The molecular weight excluding hydrogens is 483 g/mol. The maximum atomic E-state index is 14.5. The molecule has 2 N–H and O–H groups in total. The van der Waals surface area contributed by atoms with Gasteiger partial charge in [-0.3, -0.25) is 9.10 Å². The van der Waals surface area contributed by atoms with Crippen molar-refractivity contribution in [3.63, 3.8) is 0 Å². The first kappa shape index (κ1) is 23.7. The van der Waals surface area contributed by atoms with Crippen molar-refractivity contribution in [1.82, 2.24) is 5.32 Å². The molecular formula is C24H20ClFN2O5S. The summed E-state index contributed by atoms with van der Waals surface area (Å²) in [7, 11) is -3.89. The molecule has 3 aromatic rings. The lowest BCUT2D eigenvalue weighted by molar-refractivity contribution is 0.0696. The van der Waals surface area contributed by atoms with Crippen LogP contribution in [0.3, 0.4) is 0 Å². The van der Waals surface area contributed by atoms with Crippen molar-refractivity contribution in [2.75, 3.05) is 10.8 Å². The van der Waals surface area contributed by atoms with Crippen molar-refractivity contribution in [2.24, 2.45) is 0 Å². The minimum Gasteiger partial charge on any atom is -0.478 e. The molecule has 0 saturated heterocycles. The normalized spacial score (nSPS) is 13.9. The van der Waals surface area contributed by atoms with E-state index in [1.54, 1.807) is 18.2 Å². The number of fused-ring (bicyclic) bond motifs is 1. The Bertz CT molecular complexity index is 1360. The van der Waals surface area contributed by atoms with Crippen molar-refractivity contribution < 1.29 is 27.5 Å². The van der Waals surface area contributed by atoms with Gasteiger partial charge in [0.05, 0.1) is 16.1 Å². The Morgan fingerprint density at radius 3 is 2.44 bits per heavy atom. The smallest absolute Gasteiger partial charge is 0.335 e. The number of nitrogens with one attached hydrogen (secondary N) is 1. The summed E-state index contributed by atoms with van der Waals surface area (Å²) in [5.74, 6) is -1.77. The molecule has 4 rings (SSSR count). The zero-order valence-electron chi connectivity index (χ0n) is 17.7. The van der Waals surface area contributed by atoms with E-state index in [9.17, 15) is 22.4 Å². The van der Waals surface area contributed by atoms with Crippen LogP contribution in [0.4, 0.5) is 10.1 Å². The maximum absolute atomic E-state index is 14.5. The van der Waals surface area contributed by atoms with E-state index >= 15 is 0 Å². The molecule has 0 radical (unpaired) electrons. The predicted molar refractivity (Wildman–Crippen MR) is 126 cm³/mol. The number of benzene rings is 3. The summed E-state index contributed by atoms with van der Waals surface area (Å²) in [6.07, 6.45) is -1.39. The second-order valence-corrected chi connectivity index (χ2v) is 10.1. The molecule has 0 aromatic heterocycles. The number of hydrogen-bond acceptors (Lipinski definition) is 4. The number of hydrogen-bond donors (Lipinski definition) is 2. The molecule has 1 aliphatic heterocycles. The topological polar surface area (TPSA) is 104 Å². The number of rotatable bonds is 7. The Morgan fingerprint density at radius 2 is 1.76 bits per heavy atom. The van der Waals surface area contributed by atoms with Crippen LogP contribution < -0.4 is 9.62 Å². The molecule has 1 amide bonds. The molecule has 34 heavy (non-hydrogen) atoms. The average Bonchev–Trinajstić information content (AvgIpc) is 3.23. The van der Waals surface area contributed by atoms with Crippen LogP contribution in [0.25, 0.3) is 0 Å². The molecule has 1 unspecified atom stereocenters. The third-order valence-corrected chi connectivity index (χ3v) is 7.53. The molecule has 7 nitrogen and oxygen atoms in total. The number of alkyl halides is 1. The number of sulfonamides is 1. The third-order valence-electron chi connectivity index (χ3n) is 5.49. The van der Waals surface area contributed by atoms with E-state index in [2.05, 4.69) is 5.32 Å². The van der Waals surface area contributed by atoms with Crippen LogP contribution in [0.2, 0.25) is 5.02 Å². The number of carboxylic acid groups (broad SMARTS) is 1. The number of nitrogens with zero attached hydrogens (tertiary/aromatic N) is 1. The van der Waals surface area contributed by atoms with E-state index in [-0.39, 0.29) is 29.0 Å². The molecule has 0 spiro atoms. The number of carboxylic acids is 1. The third kappa shape index (κ3) is 4.90. The van der Waals surface area contributed by atoms with Gasteiger partial charge in [0.2, 0.25) is 0 Å². The van der Waals surface area contributed by atoms with Gasteiger partial charge in [-0.05, 0) is 60.0 Å². The largest absolute Gasteiger partial charge is 0.478 e. The minimum absolute atomic E-state index is 0.0421. The molecule has 1 aliphatic rings. The first-order valence-corrected chi connectivity index (χ1v) is 12.2. The van der Waals surface area contributed by atoms with Crippen LogP contribution in [0.5, 0.6) is 0 Å². The number of anilines is 1. The highest BCUT2D eigenvalue weighted by Gasteiger charge is 2.31. The highest BCUT2D eigenvalue weighted by atomic mass is 35.5. The van der Waals surface area contributed by atoms with E-state index in [0.717, 1.165) is 5.56 Å². The fraction of sp³-hybridized carbons (Fsp3) is 0.167. The van der Waals surface area contributed by atoms with Crippen LogP contribution in [0.15, 0.2) is 71.6 Å². The van der Waals surface area contributed by atoms with Crippen molar-refractivity contribution >= 4 is 39.2 Å². The Morgan fingerprint density at radius 1 is 1.06 bits per heavy atom. The van der Waals surface area contributed by atoms with Gasteiger partial charge in [0.25, 0.3) is 15.9 Å².